The predicted molar refractivity (Wildman–Crippen MR) is 79.6 cm³/mol. The third-order valence-electron chi connectivity index (χ3n) is 4.11. The van der Waals surface area contributed by atoms with E-state index < -0.39 is 0 Å². The third-order valence-corrected chi connectivity index (χ3v) is 5.04. The van der Waals surface area contributed by atoms with Gasteiger partial charge in [-0.05, 0) is 55.7 Å². The average molecular weight is 258 g/mol. The van der Waals surface area contributed by atoms with E-state index >= 15 is 0 Å². The second-order valence-electron chi connectivity index (χ2n) is 5.49. The van der Waals surface area contributed by atoms with Crippen LogP contribution in [-0.2, 0) is 0 Å². The van der Waals surface area contributed by atoms with Crippen LogP contribution in [0.3, 0.4) is 0 Å². The molecule has 2 N–H and O–H groups in total. The van der Waals surface area contributed by atoms with Crippen LogP contribution >= 0.6 is 11.8 Å². The molecule has 3 heteroatoms. The molecular formula is C14H30N2S. The van der Waals surface area contributed by atoms with Crippen LogP contribution in [0, 0.1) is 11.8 Å². The molecule has 102 valence electrons. The minimum absolute atomic E-state index is 0.627. The minimum Gasteiger partial charge on any atom is -0.329 e. The van der Waals surface area contributed by atoms with Gasteiger partial charge in [0.1, 0.15) is 0 Å². The summed E-state index contributed by atoms with van der Waals surface area (Å²) in [6.45, 7) is 10.3. The van der Waals surface area contributed by atoms with Gasteiger partial charge in [0.2, 0.25) is 0 Å². The van der Waals surface area contributed by atoms with Gasteiger partial charge in [0.15, 0.2) is 0 Å². The molecule has 0 spiro atoms. The van der Waals surface area contributed by atoms with Crippen molar-refractivity contribution in [2.45, 2.75) is 46.1 Å². The van der Waals surface area contributed by atoms with E-state index in [9.17, 15) is 0 Å². The molecule has 1 aliphatic heterocycles. The molecule has 0 amide bonds. The Hall–Kier alpha value is 0.270. The van der Waals surface area contributed by atoms with Gasteiger partial charge in [0.05, 0.1) is 0 Å². The fourth-order valence-electron chi connectivity index (χ4n) is 2.76. The van der Waals surface area contributed by atoms with E-state index in [0.717, 1.165) is 18.4 Å². The highest BCUT2D eigenvalue weighted by atomic mass is 32.2. The molecule has 0 aromatic rings. The first-order chi connectivity index (χ1) is 8.19. The summed E-state index contributed by atoms with van der Waals surface area (Å²) in [6.07, 6.45) is 4.01. The van der Waals surface area contributed by atoms with Crippen LogP contribution in [0.25, 0.3) is 0 Å². The van der Waals surface area contributed by atoms with Crippen LogP contribution in [0.15, 0.2) is 0 Å². The van der Waals surface area contributed by atoms with Gasteiger partial charge < -0.3 is 5.73 Å². The number of rotatable bonds is 7. The molecule has 2 nitrogen and oxygen atoms in total. The van der Waals surface area contributed by atoms with E-state index in [1.54, 1.807) is 0 Å². The topological polar surface area (TPSA) is 29.3 Å². The van der Waals surface area contributed by atoms with Gasteiger partial charge in [-0.1, -0.05) is 20.8 Å². The van der Waals surface area contributed by atoms with Crippen molar-refractivity contribution in [1.29, 1.82) is 0 Å². The molecule has 1 saturated heterocycles. The summed E-state index contributed by atoms with van der Waals surface area (Å²) >= 11 is 2.04. The smallest absolute Gasteiger partial charge is 0.0226 e. The highest BCUT2D eigenvalue weighted by Crippen LogP contribution is 2.26. The fourth-order valence-corrected chi connectivity index (χ4v) is 3.49. The Kier molecular flexibility index (Phi) is 7.56. The zero-order valence-corrected chi connectivity index (χ0v) is 12.6. The second kappa shape index (κ2) is 8.39. The summed E-state index contributed by atoms with van der Waals surface area (Å²) in [5, 5.41) is 0. The van der Waals surface area contributed by atoms with E-state index in [2.05, 4.69) is 25.7 Å². The normalized spacial score (nSPS) is 21.0. The summed E-state index contributed by atoms with van der Waals surface area (Å²) in [5.41, 5.74) is 5.93. The van der Waals surface area contributed by atoms with Gasteiger partial charge in [-0.25, -0.2) is 0 Å². The Balaban J connectivity index is 2.29. The predicted octanol–water partition coefficient (Wildman–Crippen LogP) is 2.82. The number of hydrogen-bond acceptors (Lipinski definition) is 3. The highest BCUT2D eigenvalue weighted by Gasteiger charge is 2.25. The Morgan fingerprint density at radius 3 is 2.41 bits per heavy atom. The standard InChI is InChI=1S/C14H30N2S/c1-4-17-10-7-14(11-15)16-8-5-13(6-9-16)12(2)3/h12-14H,4-11,15H2,1-3H3. The number of piperidine rings is 1. The summed E-state index contributed by atoms with van der Waals surface area (Å²) < 4.78 is 0. The summed E-state index contributed by atoms with van der Waals surface area (Å²) in [7, 11) is 0. The lowest BCUT2D eigenvalue weighted by atomic mass is 9.86. The number of hydrogen-bond donors (Lipinski definition) is 1. The van der Waals surface area contributed by atoms with Crippen molar-refractivity contribution in [3.05, 3.63) is 0 Å². The maximum atomic E-state index is 5.93. The highest BCUT2D eigenvalue weighted by molar-refractivity contribution is 7.99. The first kappa shape index (κ1) is 15.3. The Morgan fingerprint density at radius 1 is 1.29 bits per heavy atom. The summed E-state index contributed by atoms with van der Waals surface area (Å²) in [5.74, 6) is 4.29. The molecule has 1 unspecified atom stereocenters. The lowest BCUT2D eigenvalue weighted by Crippen LogP contribution is -2.46. The van der Waals surface area contributed by atoms with Crippen molar-refractivity contribution < 1.29 is 0 Å². The largest absolute Gasteiger partial charge is 0.329 e. The van der Waals surface area contributed by atoms with Gasteiger partial charge in [0.25, 0.3) is 0 Å². The monoisotopic (exact) mass is 258 g/mol. The van der Waals surface area contributed by atoms with Crippen molar-refractivity contribution in [1.82, 2.24) is 4.90 Å². The molecule has 0 bridgehead atoms. The van der Waals surface area contributed by atoms with Gasteiger partial charge >= 0.3 is 0 Å². The molecule has 1 rings (SSSR count). The second-order valence-corrected chi connectivity index (χ2v) is 6.89. The van der Waals surface area contributed by atoms with Crippen molar-refractivity contribution in [2.24, 2.45) is 17.6 Å². The van der Waals surface area contributed by atoms with Crippen molar-refractivity contribution >= 4 is 11.8 Å². The minimum atomic E-state index is 0.627. The first-order valence-corrected chi connectivity index (χ1v) is 8.36. The Morgan fingerprint density at radius 2 is 1.94 bits per heavy atom. The number of thioether (sulfide) groups is 1. The SMILES string of the molecule is CCSCCC(CN)N1CCC(C(C)C)CC1. The maximum absolute atomic E-state index is 5.93. The molecule has 17 heavy (non-hydrogen) atoms. The van der Waals surface area contributed by atoms with E-state index in [1.807, 2.05) is 11.8 Å². The van der Waals surface area contributed by atoms with Crippen molar-refractivity contribution in [3.63, 3.8) is 0 Å². The van der Waals surface area contributed by atoms with Gasteiger partial charge in [-0.15, -0.1) is 0 Å². The maximum Gasteiger partial charge on any atom is 0.0226 e. The third kappa shape index (κ3) is 5.19. The molecule has 1 atom stereocenters. The van der Waals surface area contributed by atoms with Crippen molar-refractivity contribution in [2.75, 3.05) is 31.1 Å². The van der Waals surface area contributed by atoms with E-state index in [0.29, 0.717) is 6.04 Å². The molecule has 0 aromatic carbocycles. The molecule has 0 aromatic heterocycles. The summed E-state index contributed by atoms with van der Waals surface area (Å²) in [4.78, 5) is 2.63. The van der Waals surface area contributed by atoms with Crippen LogP contribution in [-0.4, -0.2) is 42.1 Å². The van der Waals surface area contributed by atoms with Gasteiger partial charge in [-0.2, -0.15) is 11.8 Å². The van der Waals surface area contributed by atoms with Gasteiger partial charge in [0, 0.05) is 12.6 Å². The molecule has 0 saturated carbocycles. The lowest BCUT2D eigenvalue weighted by Gasteiger charge is -2.38. The zero-order chi connectivity index (χ0) is 12.7. The van der Waals surface area contributed by atoms with Crippen LogP contribution < -0.4 is 5.73 Å². The summed E-state index contributed by atoms with van der Waals surface area (Å²) in [6, 6.07) is 0.627. The Bertz CT molecular complexity index is 189. The van der Waals surface area contributed by atoms with Crippen LogP contribution in [0.2, 0.25) is 0 Å². The number of nitrogens with zero attached hydrogens (tertiary/aromatic N) is 1. The van der Waals surface area contributed by atoms with E-state index in [-0.39, 0.29) is 0 Å². The van der Waals surface area contributed by atoms with Crippen LogP contribution in [0.4, 0.5) is 0 Å². The molecule has 0 aliphatic carbocycles. The molecule has 1 fully saturated rings. The fraction of sp³-hybridized carbons (Fsp3) is 1.00. The van der Waals surface area contributed by atoms with Crippen molar-refractivity contribution in [3.8, 4) is 0 Å². The Labute approximate surface area is 112 Å². The van der Waals surface area contributed by atoms with Gasteiger partial charge in [-0.3, -0.25) is 4.90 Å². The molecule has 0 radical (unpaired) electrons. The molecular weight excluding hydrogens is 228 g/mol. The molecule has 1 heterocycles. The number of likely N-dealkylation sites (tertiary alicyclic amines) is 1. The first-order valence-electron chi connectivity index (χ1n) is 7.20. The molecule has 1 aliphatic rings. The van der Waals surface area contributed by atoms with E-state index in [4.69, 9.17) is 5.73 Å². The number of nitrogens with two attached hydrogens (primary N) is 1. The van der Waals surface area contributed by atoms with Crippen LogP contribution in [0.5, 0.6) is 0 Å². The quantitative estimate of drug-likeness (QED) is 0.712. The van der Waals surface area contributed by atoms with Crippen LogP contribution in [0.1, 0.15) is 40.0 Å². The lowest BCUT2D eigenvalue weighted by molar-refractivity contribution is 0.115. The van der Waals surface area contributed by atoms with E-state index in [1.165, 1.54) is 43.9 Å². The zero-order valence-electron chi connectivity index (χ0n) is 11.8. The average Bonchev–Trinajstić information content (AvgIpc) is 2.35.